The molecule has 0 bridgehead atoms. The van der Waals surface area contributed by atoms with Crippen LogP contribution in [-0.2, 0) is 0 Å². The van der Waals surface area contributed by atoms with E-state index in [0.29, 0.717) is 12.8 Å². The Labute approximate surface area is 141 Å². The molecule has 1 N–H and O–H groups in total. The number of fused-ring (bicyclic) bond motifs is 1. The van der Waals surface area contributed by atoms with Crippen molar-refractivity contribution >= 4 is 26.7 Å². The zero-order chi connectivity index (χ0) is 16.3. The Hall–Kier alpha value is -2.15. The zero-order valence-electron chi connectivity index (χ0n) is 13.2. The van der Waals surface area contributed by atoms with Crippen LogP contribution in [0.15, 0.2) is 24.3 Å². The number of nitriles is 2. The third kappa shape index (κ3) is 5.52. The average Bonchev–Trinajstić information content (AvgIpc) is 3.00. The molecule has 2 rings (SSSR count). The number of aromatic nitrogens is 1. The number of hydrogen-bond acceptors (Lipinski definition) is 6. The van der Waals surface area contributed by atoms with Gasteiger partial charge >= 0.3 is 0 Å². The van der Waals surface area contributed by atoms with Gasteiger partial charge in [0.2, 0.25) is 5.13 Å². The van der Waals surface area contributed by atoms with E-state index in [9.17, 15) is 0 Å². The summed E-state index contributed by atoms with van der Waals surface area (Å²) in [5.74, 6) is 0. The number of nitrogens with one attached hydrogen (secondary N) is 1. The molecule has 2 aromatic rings. The number of para-hydroxylation sites is 1. The van der Waals surface area contributed by atoms with Crippen molar-refractivity contribution < 1.29 is 0 Å². The van der Waals surface area contributed by atoms with Gasteiger partial charge in [0.15, 0.2) is 0 Å². The van der Waals surface area contributed by atoms with Crippen LogP contribution >= 0.6 is 11.3 Å². The third-order valence-corrected chi connectivity index (χ3v) is 4.51. The summed E-state index contributed by atoms with van der Waals surface area (Å²) in [6.45, 7) is 1.66. The smallest absolute Gasteiger partial charge is 0.200 e. The van der Waals surface area contributed by atoms with Crippen LogP contribution in [0.4, 0.5) is 5.13 Å². The van der Waals surface area contributed by atoms with Gasteiger partial charge in [0.1, 0.15) is 0 Å². The summed E-state index contributed by atoms with van der Waals surface area (Å²) in [5, 5.41) is 20.3. The highest BCUT2D eigenvalue weighted by Crippen LogP contribution is 2.27. The molecule has 0 aliphatic rings. The van der Waals surface area contributed by atoms with Gasteiger partial charge in [-0.15, -0.1) is 0 Å². The first kappa shape index (κ1) is 17.2. The van der Waals surface area contributed by atoms with E-state index in [1.54, 1.807) is 11.3 Å². The van der Waals surface area contributed by atoms with Crippen LogP contribution in [0.3, 0.4) is 0 Å². The van der Waals surface area contributed by atoms with Gasteiger partial charge in [-0.3, -0.25) is 5.01 Å². The van der Waals surface area contributed by atoms with Crippen molar-refractivity contribution in [2.24, 2.45) is 0 Å². The minimum Gasteiger partial charge on any atom is -0.283 e. The van der Waals surface area contributed by atoms with E-state index in [2.05, 4.69) is 28.6 Å². The number of anilines is 1. The maximum atomic E-state index is 8.65. The van der Waals surface area contributed by atoms with Gasteiger partial charge in [0, 0.05) is 25.9 Å². The molecule has 0 saturated carbocycles. The van der Waals surface area contributed by atoms with Crippen molar-refractivity contribution in [3.05, 3.63) is 24.3 Å². The Kier molecular flexibility index (Phi) is 7.32. The second-order valence-electron chi connectivity index (χ2n) is 5.25. The van der Waals surface area contributed by atoms with Crippen LogP contribution in [0, 0.1) is 22.7 Å². The third-order valence-electron chi connectivity index (χ3n) is 3.45. The number of benzene rings is 1. The first-order valence-electron chi connectivity index (χ1n) is 7.95. The highest BCUT2D eigenvalue weighted by atomic mass is 32.1. The monoisotopic (exact) mass is 327 g/mol. The van der Waals surface area contributed by atoms with Gasteiger partial charge in [-0.05, 0) is 37.8 Å². The van der Waals surface area contributed by atoms with E-state index in [0.717, 1.165) is 49.4 Å². The molecule has 0 radical (unpaired) electrons. The van der Waals surface area contributed by atoms with E-state index in [-0.39, 0.29) is 0 Å². The van der Waals surface area contributed by atoms with Gasteiger partial charge in [-0.2, -0.15) is 10.5 Å². The molecule has 0 aliphatic heterocycles. The lowest BCUT2D eigenvalue weighted by atomic mass is 10.2. The van der Waals surface area contributed by atoms with E-state index in [4.69, 9.17) is 15.5 Å². The standard InChI is InChI=1S/C17H21N5S/c18-11-5-1-7-13-20-22(14-8-2-6-12-19)17-21-15-9-3-4-10-16(15)23-17/h3-4,9-10,20H,1-2,5-8,13-14H2. The number of nitrogens with zero attached hydrogens (tertiary/aromatic N) is 4. The molecule has 23 heavy (non-hydrogen) atoms. The van der Waals surface area contributed by atoms with E-state index >= 15 is 0 Å². The molecule has 0 aliphatic carbocycles. The summed E-state index contributed by atoms with van der Waals surface area (Å²) in [7, 11) is 0. The van der Waals surface area contributed by atoms with Crippen LogP contribution in [0.1, 0.15) is 38.5 Å². The molecule has 0 unspecified atom stereocenters. The summed E-state index contributed by atoms with van der Waals surface area (Å²) in [4.78, 5) is 4.69. The molecule has 0 fully saturated rings. The van der Waals surface area contributed by atoms with Crippen molar-refractivity contribution in [1.82, 2.24) is 10.4 Å². The van der Waals surface area contributed by atoms with Crippen LogP contribution in [0.25, 0.3) is 10.2 Å². The summed E-state index contributed by atoms with van der Waals surface area (Å²) < 4.78 is 1.18. The highest BCUT2D eigenvalue weighted by molar-refractivity contribution is 7.22. The molecule has 1 aromatic heterocycles. The molecule has 0 spiro atoms. The Morgan fingerprint density at radius 2 is 1.78 bits per heavy atom. The quantitative estimate of drug-likeness (QED) is 0.527. The molecule has 5 nitrogen and oxygen atoms in total. The first-order chi connectivity index (χ1) is 11.3. The fraction of sp³-hybridized carbons (Fsp3) is 0.471. The summed E-state index contributed by atoms with van der Waals surface area (Å²) in [5.41, 5.74) is 4.44. The van der Waals surface area contributed by atoms with E-state index in [1.165, 1.54) is 4.70 Å². The number of thiazole rings is 1. The average molecular weight is 327 g/mol. The lowest BCUT2D eigenvalue weighted by molar-refractivity contribution is 0.567. The van der Waals surface area contributed by atoms with Crippen molar-refractivity contribution in [3.63, 3.8) is 0 Å². The SMILES string of the molecule is N#CCCCCNN(CCCCC#N)c1nc2ccccc2s1. The predicted octanol–water partition coefficient (Wildman–Crippen LogP) is 4.00. The van der Waals surface area contributed by atoms with Crippen molar-refractivity contribution in [2.75, 3.05) is 18.1 Å². The van der Waals surface area contributed by atoms with E-state index < -0.39 is 0 Å². The molecule has 1 aromatic carbocycles. The lowest BCUT2D eigenvalue weighted by Gasteiger charge is -2.22. The lowest BCUT2D eigenvalue weighted by Crippen LogP contribution is -2.39. The van der Waals surface area contributed by atoms with Gasteiger partial charge in [-0.1, -0.05) is 23.5 Å². The van der Waals surface area contributed by atoms with Gasteiger partial charge in [0.25, 0.3) is 0 Å². The maximum Gasteiger partial charge on any atom is 0.200 e. The van der Waals surface area contributed by atoms with Gasteiger partial charge < -0.3 is 0 Å². The van der Waals surface area contributed by atoms with E-state index in [1.807, 2.05) is 18.2 Å². The summed E-state index contributed by atoms with van der Waals surface area (Å²) >= 11 is 1.67. The normalized spacial score (nSPS) is 10.3. The molecule has 120 valence electrons. The minimum atomic E-state index is 0.593. The summed E-state index contributed by atoms with van der Waals surface area (Å²) in [6, 6.07) is 12.5. The highest BCUT2D eigenvalue weighted by Gasteiger charge is 2.11. The fourth-order valence-electron chi connectivity index (χ4n) is 2.23. The molecule has 0 atom stereocenters. The second-order valence-corrected chi connectivity index (χ2v) is 6.26. The van der Waals surface area contributed by atoms with Gasteiger partial charge in [0.05, 0.1) is 22.4 Å². The Morgan fingerprint density at radius 1 is 1.04 bits per heavy atom. The molecule has 1 heterocycles. The number of unbranched alkanes of at least 4 members (excludes halogenated alkanes) is 4. The van der Waals surface area contributed by atoms with Crippen molar-refractivity contribution in [2.45, 2.75) is 38.5 Å². The Bertz CT molecular complexity index is 649. The second kappa shape index (κ2) is 9.78. The Balaban J connectivity index is 1.96. The molecule has 6 heteroatoms. The van der Waals surface area contributed by atoms with Crippen molar-refractivity contribution in [3.8, 4) is 12.1 Å². The van der Waals surface area contributed by atoms with Crippen LogP contribution in [0.2, 0.25) is 0 Å². The fourth-order valence-corrected chi connectivity index (χ4v) is 3.21. The summed E-state index contributed by atoms with van der Waals surface area (Å²) in [6.07, 6.45) is 4.92. The number of rotatable bonds is 10. The topological polar surface area (TPSA) is 75.7 Å². The molecular weight excluding hydrogens is 306 g/mol. The zero-order valence-corrected chi connectivity index (χ0v) is 14.0. The van der Waals surface area contributed by atoms with Crippen molar-refractivity contribution in [1.29, 1.82) is 10.5 Å². The largest absolute Gasteiger partial charge is 0.283 e. The maximum absolute atomic E-state index is 8.65. The molecule has 0 saturated heterocycles. The number of hydrazine groups is 1. The first-order valence-corrected chi connectivity index (χ1v) is 8.77. The minimum absolute atomic E-state index is 0.593. The molecular formula is C17H21N5S. The number of hydrogen-bond donors (Lipinski definition) is 1. The Morgan fingerprint density at radius 3 is 2.52 bits per heavy atom. The predicted molar refractivity (Wildman–Crippen MR) is 93.9 cm³/mol. The van der Waals surface area contributed by atoms with Crippen LogP contribution < -0.4 is 10.4 Å². The van der Waals surface area contributed by atoms with Crippen LogP contribution in [-0.4, -0.2) is 18.1 Å². The van der Waals surface area contributed by atoms with Gasteiger partial charge in [-0.25, -0.2) is 10.4 Å². The van der Waals surface area contributed by atoms with Crippen LogP contribution in [0.5, 0.6) is 0 Å². The molecule has 0 amide bonds.